The van der Waals surface area contributed by atoms with Crippen molar-refractivity contribution in [2.45, 2.75) is 64.0 Å². The van der Waals surface area contributed by atoms with Crippen molar-refractivity contribution in [1.82, 2.24) is 9.97 Å². The van der Waals surface area contributed by atoms with Gasteiger partial charge in [0.05, 0.1) is 6.04 Å². The first-order valence-electron chi connectivity index (χ1n) is 8.33. The summed E-state index contributed by atoms with van der Waals surface area (Å²) in [7, 11) is 0. The second-order valence-electron chi connectivity index (χ2n) is 6.08. The van der Waals surface area contributed by atoms with Gasteiger partial charge in [0.25, 0.3) is 0 Å². The number of cyclic esters (lactones) is 1. The number of nitrogens with one attached hydrogen (secondary N) is 1. The Kier molecular flexibility index (Phi) is 4.75. The van der Waals surface area contributed by atoms with Crippen LogP contribution < -0.4 is 10.2 Å². The van der Waals surface area contributed by atoms with E-state index in [9.17, 15) is 4.79 Å². The van der Waals surface area contributed by atoms with Crippen LogP contribution in [0.25, 0.3) is 0 Å². The summed E-state index contributed by atoms with van der Waals surface area (Å²) in [6.45, 7) is 2.48. The van der Waals surface area contributed by atoms with E-state index >= 15 is 0 Å². The molecule has 0 unspecified atom stereocenters. The fourth-order valence-corrected chi connectivity index (χ4v) is 3.20. The van der Waals surface area contributed by atoms with Gasteiger partial charge >= 0.3 is 6.09 Å². The van der Waals surface area contributed by atoms with Gasteiger partial charge in [-0.25, -0.2) is 9.78 Å². The predicted octanol–water partition coefficient (Wildman–Crippen LogP) is 3.35. The Labute approximate surface area is 131 Å². The molecule has 1 saturated carbocycles. The molecular formula is C16H24N4O2. The molecule has 1 atom stereocenters. The van der Waals surface area contributed by atoms with Crippen LogP contribution in [0, 0.1) is 0 Å². The second kappa shape index (κ2) is 6.94. The summed E-state index contributed by atoms with van der Waals surface area (Å²) in [4.78, 5) is 22.4. The molecule has 1 aromatic heterocycles. The minimum absolute atomic E-state index is 0.0631. The van der Waals surface area contributed by atoms with Gasteiger partial charge in [-0.2, -0.15) is 4.98 Å². The molecule has 1 aliphatic carbocycles. The molecule has 2 aliphatic rings. The summed E-state index contributed by atoms with van der Waals surface area (Å²) in [5.74, 6) is 1.24. The maximum absolute atomic E-state index is 11.9. The van der Waals surface area contributed by atoms with Crippen molar-refractivity contribution >= 4 is 17.9 Å². The van der Waals surface area contributed by atoms with E-state index in [-0.39, 0.29) is 12.1 Å². The van der Waals surface area contributed by atoms with E-state index < -0.39 is 0 Å². The van der Waals surface area contributed by atoms with Crippen LogP contribution in [0.1, 0.15) is 51.9 Å². The minimum atomic E-state index is -0.314. The standard InChI is InChI=1S/C16H24N4O2/c1-2-13-11-22-16(21)20(13)14-9-10-17-15(19-14)18-12-7-5-3-4-6-8-12/h9-10,12-13H,2-8,11H2,1H3,(H,17,18,19)/t13-/m0/s1. The van der Waals surface area contributed by atoms with Gasteiger partial charge in [-0.1, -0.05) is 32.6 Å². The molecule has 6 nitrogen and oxygen atoms in total. The number of hydrogen-bond donors (Lipinski definition) is 1. The second-order valence-corrected chi connectivity index (χ2v) is 6.08. The van der Waals surface area contributed by atoms with Crippen LogP contribution in [0.3, 0.4) is 0 Å². The average molecular weight is 304 g/mol. The fraction of sp³-hybridized carbons (Fsp3) is 0.688. The van der Waals surface area contributed by atoms with Crippen molar-refractivity contribution in [3.05, 3.63) is 12.3 Å². The first-order valence-corrected chi connectivity index (χ1v) is 8.33. The number of carbonyl (C=O) groups is 1. The molecule has 2 heterocycles. The summed E-state index contributed by atoms with van der Waals surface area (Å²) in [6, 6.07) is 2.27. The normalized spacial score (nSPS) is 23.2. The molecule has 6 heteroatoms. The van der Waals surface area contributed by atoms with Crippen molar-refractivity contribution in [2.24, 2.45) is 0 Å². The number of hydrogen-bond acceptors (Lipinski definition) is 5. The summed E-state index contributed by atoms with van der Waals surface area (Å²) in [6.07, 6.45) is 9.72. The van der Waals surface area contributed by atoms with Gasteiger partial charge in [0.1, 0.15) is 12.4 Å². The van der Waals surface area contributed by atoms with Gasteiger partial charge in [-0.05, 0) is 25.3 Å². The molecule has 120 valence electrons. The highest BCUT2D eigenvalue weighted by molar-refractivity contribution is 5.89. The number of amides is 1. The lowest BCUT2D eigenvalue weighted by atomic mass is 10.1. The molecule has 1 N–H and O–H groups in total. The van der Waals surface area contributed by atoms with E-state index in [1.54, 1.807) is 17.2 Å². The van der Waals surface area contributed by atoms with Crippen LogP contribution in [0.4, 0.5) is 16.6 Å². The van der Waals surface area contributed by atoms with Crippen molar-refractivity contribution in [3.63, 3.8) is 0 Å². The Morgan fingerprint density at radius 2 is 2.09 bits per heavy atom. The topological polar surface area (TPSA) is 67.3 Å². The third-order valence-corrected chi connectivity index (χ3v) is 4.51. The maximum Gasteiger partial charge on any atom is 0.415 e. The Morgan fingerprint density at radius 1 is 1.32 bits per heavy atom. The van der Waals surface area contributed by atoms with Crippen molar-refractivity contribution in [1.29, 1.82) is 0 Å². The quantitative estimate of drug-likeness (QED) is 0.864. The van der Waals surface area contributed by atoms with E-state index in [2.05, 4.69) is 15.3 Å². The summed E-state index contributed by atoms with van der Waals surface area (Å²) < 4.78 is 5.14. The molecule has 1 aromatic rings. The van der Waals surface area contributed by atoms with E-state index in [0.29, 0.717) is 24.4 Å². The number of aromatic nitrogens is 2. The third kappa shape index (κ3) is 3.31. The van der Waals surface area contributed by atoms with Gasteiger partial charge in [-0.3, -0.25) is 4.90 Å². The molecule has 0 aromatic carbocycles. The highest BCUT2D eigenvalue weighted by atomic mass is 16.6. The molecule has 1 saturated heterocycles. The molecule has 0 radical (unpaired) electrons. The molecule has 0 bridgehead atoms. The zero-order valence-electron chi connectivity index (χ0n) is 13.1. The summed E-state index contributed by atoms with van der Waals surface area (Å²) in [5.41, 5.74) is 0. The molecule has 1 amide bonds. The first-order chi connectivity index (χ1) is 10.8. The molecule has 1 aliphatic heterocycles. The highest BCUT2D eigenvalue weighted by Crippen LogP contribution is 2.24. The summed E-state index contributed by atoms with van der Waals surface area (Å²) in [5, 5.41) is 3.43. The monoisotopic (exact) mass is 304 g/mol. The first kappa shape index (κ1) is 15.1. The Balaban J connectivity index is 1.73. The van der Waals surface area contributed by atoms with E-state index in [1.165, 1.54) is 25.7 Å². The van der Waals surface area contributed by atoms with Gasteiger partial charge in [0.15, 0.2) is 0 Å². The van der Waals surface area contributed by atoms with Gasteiger partial charge in [0, 0.05) is 12.2 Å². The van der Waals surface area contributed by atoms with Crippen LogP contribution >= 0.6 is 0 Å². The highest BCUT2D eigenvalue weighted by Gasteiger charge is 2.34. The maximum atomic E-state index is 11.9. The van der Waals surface area contributed by atoms with Crippen LogP contribution in [0.15, 0.2) is 12.3 Å². The number of ether oxygens (including phenoxy) is 1. The Morgan fingerprint density at radius 3 is 2.82 bits per heavy atom. The lowest BCUT2D eigenvalue weighted by Gasteiger charge is -2.21. The number of rotatable bonds is 4. The largest absolute Gasteiger partial charge is 0.447 e. The molecule has 3 rings (SSSR count). The van der Waals surface area contributed by atoms with Crippen LogP contribution in [-0.4, -0.2) is 34.8 Å². The number of anilines is 2. The minimum Gasteiger partial charge on any atom is -0.447 e. The lowest BCUT2D eigenvalue weighted by Crippen LogP contribution is -2.33. The van der Waals surface area contributed by atoms with Gasteiger partial charge < -0.3 is 10.1 Å². The Hall–Kier alpha value is -1.85. The average Bonchev–Trinajstić information content (AvgIpc) is 2.72. The van der Waals surface area contributed by atoms with Crippen molar-refractivity contribution in [2.75, 3.05) is 16.8 Å². The molecule has 0 spiro atoms. The molecule has 22 heavy (non-hydrogen) atoms. The van der Waals surface area contributed by atoms with Crippen LogP contribution in [0.2, 0.25) is 0 Å². The van der Waals surface area contributed by atoms with Crippen LogP contribution in [-0.2, 0) is 4.74 Å². The molecular weight excluding hydrogens is 280 g/mol. The zero-order valence-corrected chi connectivity index (χ0v) is 13.1. The lowest BCUT2D eigenvalue weighted by molar-refractivity contribution is 0.178. The predicted molar refractivity (Wildman–Crippen MR) is 85.1 cm³/mol. The van der Waals surface area contributed by atoms with Crippen molar-refractivity contribution in [3.8, 4) is 0 Å². The van der Waals surface area contributed by atoms with Gasteiger partial charge in [0.2, 0.25) is 5.95 Å². The SMILES string of the molecule is CC[C@H]1COC(=O)N1c1ccnc(NC2CCCCCC2)n1. The van der Waals surface area contributed by atoms with Crippen molar-refractivity contribution < 1.29 is 9.53 Å². The zero-order chi connectivity index (χ0) is 15.4. The van der Waals surface area contributed by atoms with E-state index in [0.717, 1.165) is 19.3 Å². The number of nitrogens with zero attached hydrogens (tertiary/aromatic N) is 3. The van der Waals surface area contributed by atoms with E-state index in [4.69, 9.17) is 4.74 Å². The smallest absolute Gasteiger partial charge is 0.415 e. The van der Waals surface area contributed by atoms with Crippen LogP contribution in [0.5, 0.6) is 0 Å². The van der Waals surface area contributed by atoms with E-state index in [1.807, 2.05) is 6.92 Å². The summed E-state index contributed by atoms with van der Waals surface area (Å²) >= 11 is 0. The fourth-order valence-electron chi connectivity index (χ4n) is 3.20. The number of carbonyl (C=O) groups excluding carboxylic acids is 1. The molecule has 2 fully saturated rings. The third-order valence-electron chi connectivity index (χ3n) is 4.51. The van der Waals surface area contributed by atoms with Gasteiger partial charge in [-0.15, -0.1) is 0 Å². The Bertz CT molecular complexity index is 515.